The third kappa shape index (κ3) is 4.47. The van der Waals surface area contributed by atoms with Gasteiger partial charge in [0.05, 0.1) is 5.75 Å². The molecule has 0 N–H and O–H groups in total. The first-order valence-electron chi connectivity index (χ1n) is 9.83. The molecule has 0 bridgehead atoms. The maximum atomic E-state index is 12.6. The lowest BCUT2D eigenvalue weighted by atomic mass is 9.99. The average Bonchev–Trinajstić information content (AvgIpc) is 3.06. The van der Waals surface area contributed by atoms with Crippen molar-refractivity contribution in [2.24, 2.45) is 5.92 Å². The molecule has 1 amide bonds. The molecule has 4 rings (SSSR count). The van der Waals surface area contributed by atoms with Gasteiger partial charge in [-0.3, -0.25) is 4.79 Å². The van der Waals surface area contributed by atoms with Crippen molar-refractivity contribution in [3.8, 4) is 0 Å². The van der Waals surface area contributed by atoms with Crippen LogP contribution >= 0.6 is 27.7 Å². The zero-order chi connectivity index (χ0) is 19.5. The Morgan fingerprint density at radius 1 is 1.11 bits per heavy atom. The number of thioether (sulfide) groups is 1. The van der Waals surface area contributed by atoms with Crippen molar-refractivity contribution < 1.29 is 4.79 Å². The van der Waals surface area contributed by atoms with E-state index in [2.05, 4.69) is 82.1 Å². The van der Waals surface area contributed by atoms with E-state index in [1.165, 1.54) is 21.4 Å². The molecule has 0 aliphatic carbocycles. The van der Waals surface area contributed by atoms with E-state index in [1.54, 1.807) is 11.8 Å². The predicted octanol–water partition coefficient (Wildman–Crippen LogP) is 5.80. The van der Waals surface area contributed by atoms with Gasteiger partial charge in [0, 0.05) is 46.1 Å². The fourth-order valence-corrected chi connectivity index (χ4v) is 4.99. The second kappa shape index (κ2) is 8.75. The summed E-state index contributed by atoms with van der Waals surface area (Å²) in [5, 5.41) is 1.23. The molecule has 0 spiro atoms. The van der Waals surface area contributed by atoms with Crippen molar-refractivity contribution in [2.45, 2.75) is 31.2 Å². The topological polar surface area (TPSA) is 25.2 Å². The Bertz CT molecular complexity index is 958. The summed E-state index contributed by atoms with van der Waals surface area (Å²) in [6.07, 6.45) is 4.45. The van der Waals surface area contributed by atoms with Gasteiger partial charge in [-0.2, -0.15) is 0 Å². The van der Waals surface area contributed by atoms with Crippen LogP contribution in [0.1, 0.15) is 25.3 Å². The van der Waals surface area contributed by atoms with E-state index in [1.807, 2.05) is 4.90 Å². The molecule has 2 aromatic carbocycles. The normalized spacial score (nSPS) is 15.3. The molecule has 5 heteroatoms. The van der Waals surface area contributed by atoms with E-state index in [4.69, 9.17) is 0 Å². The fourth-order valence-electron chi connectivity index (χ4n) is 3.73. The van der Waals surface area contributed by atoms with Crippen molar-refractivity contribution in [1.29, 1.82) is 0 Å². The summed E-state index contributed by atoms with van der Waals surface area (Å²) < 4.78 is 3.38. The fraction of sp³-hybridized carbons (Fsp3) is 0.348. The first kappa shape index (κ1) is 19.6. The molecule has 1 aliphatic rings. The molecule has 1 fully saturated rings. The van der Waals surface area contributed by atoms with Crippen molar-refractivity contribution >= 4 is 44.5 Å². The zero-order valence-corrected chi connectivity index (χ0v) is 18.5. The molecule has 3 nitrogen and oxygen atoms in total. The van der Waals surface area contributed by atoms with Crippen LogP contribution in [0.3, 0.4) is 0 Å². The lowest BCUT2D eigenvalue weighted by Gasteiger charge is -2.30. The molecule has 1 aromatic heterocycles. The maximum Gasteiger partial charge on any atom is 0.232 e. The molecule has 0 atom stereocenters. The monoisotopic (exact) mass is 456 g/mol. The minimum Gasteiger partial charge on any atom is -0.342 e. The first-order chi connectivity index (χ1) is 13.6. The van der Waals surface area contributed by atoms with Crippen molar-refractivity contribution in [3.63, 3.8) is 0 Å². The van der Waals surface area contributed by atoms with Crippen LogP contribution in [-0.4, -0.2) is 34.2 Å². The van der Waals surface area contributed by atoms with Gasteiger partial charge in [0.25, 0.3) is 0 Å². The Labute approximate surface area is 179 Å². The Balaban J connectivity index is 1.49. The van der Waals surface area contributed by atoms with Crippen LogP contribution < -0.4 is 0 Å². The minimum atomic E-state index is 0.265. The SMILES string of the molecule is CC1CCN(C(=O)CSc2cn(Cc3ccc(Br)cc3)c3ccccc23)CC1. The number of piperidine rings is 1. The van der Waals surface area contributed by atoms with Gasteiger partial charge in [0.1, 0.15) is 0 Å². The summed E-state index contributed by atoms with van der Waals surface area (Å²) in [5.41, 5.74) is 2.48. The molecule has 3 aromatic rings. The number of amides is 1. The van der Waals surface area contributed by atoms with Gasteiger partial charge < -0.3 is 9.47 Å². The number of carbonyl (C=O) groups is 1. The van der Waals surface area contributed by atoms with Crippen molar-refractivity contribution in [1.82, 2.24) is 9.47 Å². The highest BCUT2D eigenvalue weighted by Crippen LogP contribution is 2.31. The van der Waals surface area contributed by atoms with Crippen molar-refractivity contribution in [2.75, 3.05) is 18.8 Å². The molecule has 0 unspecified atom stereocenters. The van der Waals surface area contributed by atoms with E-state index in [0.29, 0.717) is 5.75 Å². The largest absolute Gasteiger partial charge is 0.342 e. The van der Waals surface area contributed by atoms with Crippen LogP contribution in [0.25, 0.3) is 10.9 Å². The molecule has 0 saturated carbocycles. The number of halogens is 1. The predicted molar refractivity (Wildman–Crippen MR) is 121 cm³/mol. The lowest BCUT2D eigenvalue weighted by molar-refractivity contribution is -0.129. The number of nitrogens with zero attached hydrogens (tertiary/aromatic N) is 2. The highest BCUT2D eigenvalue weighted by Gasteiger charge is 2.20. The number of rotatable bonds is 5. The van der Waals surface area contributed by atoms with Crippen LogP contribution in [0.2, 0.25) is 0 Å². The number of benzene rings is 2. The quantitative estimate of drug-likeness (QED) is 0.453. The number of likely N-dealkylation sites (tertiary alicyclic amines) is 1. The number of hydrogen-bond acceptors (Lipinski definition) is 2. The Kier molecular flexibility index (Phi) is 6.12. The summed E-state index contributed by atoms with van der Waals surface area (Å²) in [5.74, 6) is 1.52. The van der Waals surface area contributed by atoms with Crippen molar-refractivity contribution in [3.05, 3.63) is 64.8 Å². The molecule has 0 radical (unpaired) electrons. The summed E-state index contributed by atoms with van der Waals surface area (Å²) in [4.78, 5) is 15.9. The Hall–Kier alpha value is -1.72. The van der Waals surface area contributed by atoms with Gasteiger partial charge in [-0.15, -0.1) is 11.8 Å². The third-order valence-electron chi connectivity index (χ3n) is 5.51. The maximum absolute atomic E-state index is 12.6. The third-order valence-corrected chi connectivity index (χ3v) is 7.06. The number of carbonyl (C=O) groups excluding carboxylic acids is 1. The Morgan fingerprint density at radius 2 is 1.82 bits per heavy atom. The van der Waals surface area contributed by atoms with Gasteiger partial charge >= 0.3 is 0 Å². The molecular weight excluding hydrogens is 432 g/mol. The standard InChI is InChI=1S/C23H25BrN2OS/c1-17-10-12-25(13-11-17)23(27)16-28-22-15-26(21-5-3-2-4-20(21)22)14-18-6-8-19(24)9-7-18/h2-9,15,17H,10-14,16H2,1H3. The lowest BCUT2D eigenvalue weighted by Crippen LogP contribution is -2.38. The van der Waals surface area contributed by atoms with E-state index in [-0.39, 0.29) is 5.91 Å². The van der Waals surface area contributed by atoms with Gasteiger partial charge in [-0.1, -0.05) is 53.2 Å². The smallest absolute Gasteiger partial charge is 0.232 e. The Morgan fingerprint density at radius 3 is 2.57 bits per heavy atom. The number of hydrogen-bond donors (Lipinski definition) is 0. The summed E-state index contributed by atoms with van der Waals surface area (Å²) in [6.45, 7) is 4.92. The van der Waals surface area contributed by atoms with Gasteiger partial charge in [0.2, 0.25) is 5.91 Å². The zero-order valence-electron chi connectivity index (χ0n) is 16.1. The summed E-state index contributed by atoms with van der Waals surface area (Å²) >= 11 is 5.17. The molecule has 1 aliphatic heterocycles. The van der Waals surface area contributed by atoms with Crippen LogP contribution in [0.5, 0.6) is 0 Å². The summed E-state index contributed by atoms with van der Waals surface area (Å²) in [7, 11) is 0. The van der Waals surface area contributed by atoms with Crippen LogP contribution in [0, 0.1) is 5.92 Å². The van der Waals surface area contributed by atoms with Gasteiger partial charge in [-0.05, 0) is 42.5 Å². The van der Waals surface area contributed by atoms with Gasteiger partial charge in [0.15, 0.2) is 0 Å². The molecule has 146 valence electrons. The van der Waals surface area contributed by atoms with Crippen LogP contribution in [0.4, 0.5) is 0 Å². The van der Waals surface area contributed by atoms with E-state index in [9.17, 15) is 4.79 Å². The van der Waals surface area contributed by atoms with E-state index < -0.39 is 0 Å². The molecule has 28 heavy (non-hydrogen) atoms. The second-order valence-corrected chi connectivity index (χ2v) is 9.55. The number of aromatic nitrogens is 1. The molecule has 1 saturated heterocycles. The summed E-state index contributed by atoms with van der Waals surface area (Å²) in [6, 6.07) is 16.9. The van der Waals surface area contributed by atoms with Crippen LogP contribution in [-0.2, 0) is 11.3 Å². The second-order valence-electron chi connectivity index (χ2n) is 7.62. The van der Waals surface area contributed by atoms with E-state index in [0.717, 1.165) is 42.9 Å². The molecule has 2 heterocycles. The minimum absolute atomic E-state index is 0.265. The highest BCUT2D eigenvalue weighted by molar-refractivity contribution is 9.10. The average molecular weight is 457 g/mol. The van der Waals surface area contributed by atoms with E-state index >= 15 is 0 Å². The first-order valence-corrected chi connectivity index (χ1v) is 11.6. The van der Waals surface area contributed by atoms with Gasteiger partial charge in [-0.25, -0.2) is 0 Å². The number of para-hydroxylation sites is 1. The number of fused-ring (bicyclic) bond motifs is 1. The highest BCUT2D eigenvalue weighted by atomic mass is 79.9. The molecular formula is C23H25BrN2OS. The van der Waals surface area contributed by atoms with Crippen LogP contribution in [0.15, 0.2) is 64.1 Å².